The molecule has 2 heteroatoms. The van der Waals surface area contributed by atoms with Crippen LogP contribution in [0.3, 0.4) is 0 Å². The maximum absolute atomic E-state index is 13.4. The lowest BCUT2D eigenvalue weighted by molar-refractivity contribution is 0.180. The molecule has 0 saturated heterocycles. The first-order valence-electron chi connectivity index (χ1n) is 7.74. The van der Waals surface area contributed by atoms with E-state index in [4.69, 9.17) is 0 Å². The van der Waals surface area contributed by atoms with E-state index >= 15 is 0 Å². The molecular weight excluding hydrogens is 237 g/mol. The van der Waals surface area contributed by atoms with E-state index in [9.17, 15) is 4.39 Å². The molecule has 1 N–H and O–H groups in total. The standard InChI is InChI=1S/C17H24FN/c18-15-6-4-5-14(11-15)12-17(9-2-1-3-10-17)13-19-16-7-8-16/h4-6,11,16,19H,1-3,7-10,12-13H2. The van der Waals surface area contributed by atoms with Crippen molar-refractivity contribution in [2.45, 2.75) is 57.4 Å². The van der Waals surface area contributed by atoms with Crippen molar-refractivity contribution in [3.63, 3.8) is 0 Å². The van der Waals surface area contributed by atoms with E-state index in [1.165, 1.54) is 50.5 Å². The zero-order chi connectivity index (χ0) is 13.1. The summed E-state index contributed by atoms with van der Waals surface area (Å²) in [5, 5.41) is 3.71. The normalized spacial score (nSPS) is 22.4. The summed E-state index contributed by atoms with van der Waals surface area (Å²) in [5.74, 6) is -0.0985. The van der Waals surface area contributed by atoms with Crippen molar-refractivity contribution in [1.29, 1.82) is 0 Å². The first-order valence-corrected chi connectivity index (χ1v) is 7.74. The highest BCUT2D eigenvalue weighted by Gasteiger charge is 2.34. The summed E-state index contributed by atoms with van der Waals surface area (Å²) in [6.07, 6.45) is 10.3. The number of hydrogen-bond acceptors (Lipinski definition) is 1. The van der Waals surface area contributed by atoms with Crippen LogP contribution < -0.4 is 5.32 Å². The molecule has 0 amide bonds. The molecule has 2 fully saturated rings. The van der Waals surface area contributed by atoms with Gasteiger partial charge in [-0.2, -0.15) is 0 Å². The van der Waals surface area contributed by atoms with Gasteiger partial charge < -0.3 is 5.32 Å². The Balaban J connectivity index is 1.69. The molecule has 0 radical (unpaired) electrons. The zero-order valence-electron chi connectivity index (χ0n) is 11.6. The van der Waals surface area contributed by atoms with Gasteiger partial charge in [-0.15, -0.1) is 0 Å². The van der Waals surface area contributed by atoms with Crippen LogP contribution in [0.2, 0.25) is 0 Å². The number of halogens is 1. The lowest BCUT2D eigenvalue weighted by Crippen LogP contribution is -2.38. The van der Waals surface area contributed by atoms with Crippen molar-refractivity contribution < 1.29 is 4.39 Å². The number of hydrogen-bond donors (Lipinski definition) is 1. The molecule has 104 valence electrons. The van der Waals surface area contributed by atoms with Gasteiger partial charge >= 0.3 is 0 Å². The molecule has 1 aromatic rings. The van der Waals surface area contributed by atoms with E-state index < -0.39 is 0 Å². The zero-order valence-corrected chi connectivity index (χ0v) is 11.6. The summed E-state index contributed by atoms with van der Waals surface area (Å²) in [5.41, 5.74) is 1.54. The minimum absolute atomic E-state index is 0.0985. The molecule has 0 spiro atoms. The Morgan fingerprint density at radius 1 is 1.16 bits per heavy atom. The van der Waals surface area contributed by atoms with E-state index in [1.54, 1.807) is 12.1 Å². The fourth-order valence-corrected chi connectivity index (χ4v) is 3.45. The van der Waals surface area contributed by atoms with Crippen LogP contribution >= 0.6 is 0 Å². The lowest BCUT2D eigenvalue weighted by Gasteiger charge is -2.38. The van der Waals surface area contributed by atoms with Gasteiger partial charge in [-0.25, -0.2) is 4.39 Å². The Morgan fingerprint density at radius 2 is 1.95 bits per heavy atom. The fraction of sp³-hybridized carbons (Fsp3) is 0.647. The number of benzene rings is 1. The highest BCUT2D eigenvalue weighted by molar-refractivity contribution is 5.18. The quantitative estimate of drug-likeness (QED) is 0.842. The maximum atomic E-state index is 13.4. The van der Waals surface area contributed by atoms with Crippen molar-refractivity contribution in [1.82, 2.24) is 5.32 Å². The third kappa shape index (κ3) is 3.56. The second kappa shape index (κ2) is 5.62. The van der Waals surface area contributed by atoms with Gasteiger partial charge in [0.15, 0.2) is 0 Å². The van der Waals surface area contributed by atoms with Crippen molar-refractivity contribution in [2.24, 2.45) is 5.41 Å². The molecule has 0 atom stereocenters. The smallest absolute Gasteiger partial charge is 0.123 e. The molecule has 0 aliphatic heterocycles. The predicted molar refractivity (Wildman–Crippen MR) is 76.6 cm³/mol. The second-order valence-corrected chi connectivity index (χ2v) is 6.52. The third-order valence-corrected chi connectivity index (χ3v) is 4.73. The summed E-state index contributed by atoms with van der Waals surface area (Å²) in [4.78, 5) is 0. The van der Waals surface area contributed by atoms with E-state index in [0.29, 0.717) is 5.41 Å². The Labute approximate surface area is 115 Å². The molecule has 3 rings (SSSR count). The maximum Gasteiger partial charge on any atom is 0.123 e. The number of nitrogens with one attached hydrogen (secondary N) is 1. The number of rotatable bonds is 5. The van der Waals surface area contributed by atoms with Crippen molar-refractivity contribution in [3.8, 4) is 0 Å². The van der Waals surface area contributed by atoms with E-state index in [0.717, 1.165) is 19.0 Å². The SMILES string of the molecule is Fc1cccc(CC2(CNC3CC3)CCCCC2)c1. The monoisotopic (exact) mass is 261 g/mol. The van der Waals surface area contributed by atoms with Crippen LogP contribution in [0.5, 0.6) is 0 Å². The van der Waals surface area contributed by atoms with Crippen molar-refractivity contribution in [2.75, 3.05) is 6.54 Å². The van der Waals surface area contributed by atoms with Gasteiger partial charge in [0, 0.05) is 12.6 Å². The molecule has 0 heterocycles. The molecular formula is C17H24FN. The molecule has 2 saturated carbocycles. The van der Waals surface area contributed by atoms with Crippen LogP contribution in [-0.4, -0.2) is 12.6 Å². The molecule has 19 heavy (non-hydrogen) atoms. The Hall–Kier alpha value is -0.890. The average Bonchev–Trinajstić information content (AvgIpc) is 3.22. The minimum atomic E-state index is -0.0985. The predicted octanol–water partition coefficient (Wildman–Crippen LogP) is 4.07. The third-order valence-electron chi connectivity index (χ3n) is 4.73. The summed E-state index contributed by atoms with van der Waals surface area (Å²) in [6, 6.07) is 7.95. The highest BCUT2D eigenvalue weighted by Crippen LogP contribution is 2.39. The summed E-state index contributed by atoms with van der Waals surface area (Å²) in [6.45, 7) is 1.12. The van der Waals surface area contributed by atoms with E-state index in [-0.39, 0.29) is 5.82 Å². The van der Waals surface area contributed by atoms with Gasteiger partial charge in [0.1, 0.15) is 5.82 Å². The highest BCUT2D eigenvalue weighted by atomic mass is 19.1. The van der Waals surface area contributed by atoms with Gasteiger partial charge in [-0.05, 0) is 55.2 Å². The van der Waals surface area contributed by atoms with Crippen LogP contribution in [0, 0.1) is 11.2 Å². The summed E-state index contributed by atoms with van der Waals surface area (Å²) >= 11 is 0. The van der Waals surface area contributed by atoms with Gasteiger partial charge in [0.25, 0.3) is 0 Å². The molecule has 0 unspecified atom stereocenters. The van der Waals surface area contributed by atoms with E-state index in [2.05, 4.69) is 11.4 Å². The minimum Gasteiger partial charge on any atom is -0.313 e. The van der Waals surface area contributed by atoms with Gasteiger partial charge in [-0.3, -0.25) is 0 Å². The molecule has 0 aromatic heterocycles. The first-order chi connectivity index (χ1) is 9.26. The van der Waals surface area contributed by atoms with Gasteiger partial charge in [-0.1, -0.05) is 31.4 Å². The molecule has 1 nitrogen and oxygen atoms in total. The first kappa shape index (κ1) is 13.1. The Morgan fingerprint density at radius 3 is 2.63 bits per heavy atom. The molecule has 0 bridgehead atoms. The molecule has 2 aliphatic rings. The van der Waals surface area contributed by atoms with Crippen LogP contribution in [-0.2, 0) is 6.42 Å². The summed E-state index contributed by atoms with van der Waals surface area (Å²) in [7, 11) is 0. The average molecular weight is 261 g/mol. The topological polar surface area (TPSA) is 12.0 Å². The molecule has 1 aromatic carbocycles. The largest absolute Gasteiger partial charge is 0.313 e. The Bertz CT molecular complexity index is 419. The lowest BCUT2D eigenvalue weighted by atomic mass is 9.70. The van der Waals surface area contributed by atoms with Crippen molar-refractivity contribution >= 4 is 0 Å². The second-order valence-electron chi connectivity index (χ2n) is 6.52. The molecule has 2 aliphatic carbocycles. The van der Waals surface area contributed by atoms with Gasteiger partial charge in [0.05, 0.1) is 0 Å². The van der Waals surface area contributed by atoms with Crippen LogP contribution in [0.1, 0.15) is 50.5 Å². The Kier molecular flexibility index (Phi) is 3.88. The fourth-order valence-electron chi connectivity index (χ4n) is 3.45. The van der Waals surface area contributed by atoms with Crippen LogP contribution in [0.25, 0.3) is 0 Å². The van der Waals surface area contributed by atoms with Crippen LogP contribution in [0.4, 0.5) is 4.39 Å². The van der Waals surface area contributed by atoms with Crippen molar-refractivity contribution in [3.05, 3.63) is 35.6 Å². The van der Waals surface area contributed by atoms with E-state index in [1.807, 2.05) is 6.07 Å². The van der Waals surface area contributed by atoms with Crippen LogP contribution in [0.15, 0.2) is 24.3 Å². The summed E-state index contributed by atoms with van der Waals surface area (Å²) < 4.78 is 13.4. The van der Waals surface area contributed by atoms with Gasteiger partial charge in [0.2, 0.25) is 0 Å².